The molecule has 0 aliphatic rings. The van der Waals surface area contributed by atoms with Crippen LogP contribution in [-0.2, 0) is 4.79 Å². The number of benzene rings is 1. The molecular formula is C12H14ClNO5. The zero-order valence-electron chi connectivity index (χ0n) is 10.4. The quantitative estimate of drug-likeness (QED) is 0.748. The molecule has 0 aliphatic carbocycles. The summed E-state index contributed by atoms with van der Waals surface area (Å²) in [6, 6.07) is 2.94. The van der Waals surface area contributed by atoms with Crippen LogP contribution in [0.15, 0.2) is 18.2 Å². The van der Waals surface area contributed by atoms with E-state index in [-0.39, 0.29) is 11.3 Å². The average molecular weight is 288 g/mol. The summed E-state index contributed by atoms with van der Waals surface area (Å²) in [6.07, 6.45) is -1.22. The topological polar surface area (TPSA) is 95.9 Å². The Kier molecular flexibility index (Phi) is 5.14. The van der Waals surface area contributed by atoms with Gasteiger partial charge in [-0.15, -0.1) is 0 Å². The minimum atomic E-state index is -1.40. The maximum absolute atomic E-state index is 11.9. The molecule has 2 atom stereocenters. The Morgan fingerprint density at radius 1 is 1.42 bits per heavy atom. The van der Waals surface area contributed by atoms with Gasteiger partial charge in [-0.25, -0.2) is 4.79 Å². The van der Waals surface area contributed by atoms with Crippen LogP contribution < -0.4 is 10.1 Å². The van der Waals surface area contributed by atoms with Crippen LogP contribution in [0.4, 0.5) is 0 Å². The van der Waals surface area contributed by atoms with Gasteiger partial charge in [0.25, 0.3) is 5.91 Å². The second-order valence-electron chi connectivity index (χ2n) is 3.87. The van der Waals surface area contributed by atoms with E-state index in [2.05, 4.69) is 5.32 Å². The molecule has 0 saturated heterocycles. The lowest BCUT2D eigenvalue weighted by Crippen LogP contribution is -2.47. The number of rotatable bonds is 5. The lowest BCUT2D eigenvalue weighted by Gasteiger charge is -2.18. The molecule has 0 aliphatic heterocycles. The van der Waals surface area contributed by atoms with Crippen LogP contribution in [0.5, 0.6) is 5.75 Å². The summed E-state index contributed by atoms with van der Waals surface area (Å²) in [5.41, 5.74) is 0.138. The van der Waals surface area contributed by atoms with Gasteiger partial charge in [-0.05, 0) is 25.1 Å². The molecule has 1 amide bonds. The van der Waals surface area contributed by atoms with Gasteiger partial charge in [0, 0.05) is 5.02 Å². The fraction of sp³-hybridized carbons (Fsp3) is 0.333. The van der Waals surface area contributed by atoms with Crippen LogP contribution in [-0.4, -0.2) is 41.3 Å². The highest BCUT2D eigenvalue weighted by Gasteiger charge is 2.26. The van der Waals surface area contributed by atoms with Crippen LogP contribution in [0.3, 0.4) is 0 Å². The molecule has 3 N–H and O–H groups in total. The summed E-state index contributed by atoms with van der Waals surface area (Å²) >= 11 is 5.76. The molecule has 7 heteroatoms. The summed E-state index contributed by atoms with van der Waals surface area (Å²) in [6.45, 7) is 1.28. The molecule has 0 unspecified atom stereocenters. The first kappa shape index (κ1) is 15.3. The number of carboxylic acid groups (broad SMARTS) is 1. The number of carboxylic acids is 1. The Hall–Kier alpha value is -1.79. The predicted octanol–water partition coefficient (Wildman–Crippen LogP) is 0.912. The Balaban J connectivity index is 2.97. The van der Waals surface area contributed by atoms with Crippen molar-refractivity contribution in [2.24, 2.45) is 0 Å². The SMILES string of the molecule is COc1cc(Cl)ccc1C(=O)N[C@H](C(=O)O)[C@@H](C)O. The molecule has 104 valence electrons. The Bertz CT molecular complexity index is 489. The summed E-state index contributed by atoms with van der Waals surface area (Å²) in [5, 5.41) is 20.8. The molecule has 1 aromatic carbocycles. The summed E-state index contributed by atoms with van der Waals surface area (Å²) in [4.78, 5) is 22.8. The average Bonchev–Trinajstić information content (AvgIpc) is 2.34. The normalized spacial score (nSPS) is 13.5. The van der Waals surface area contributed by atoms with Gasteiger partial charge < -0.3 is 20.3 Å². The van der Waals surface area contributed by atoms with Crippen LogP contribution in [0.2, 0.25) is 5.02 Å². The van der Waals surface area contributed by atoms with E-state index in [9.17, 15) is 14.7 Å². The zero-order chi connectivity index (χ0) is 14.6. The number of ether oxygens (including phenoxy) is 1. The number of aliphatic hydroxyl groups excluding tert-OH is 1. The lowest BCUT2D eigenvalue weighted by atomic mass is 10.1. The molecule has 0 radical (unpaired) electrons. The van der Waals surface area contributed by atoms with Crippen LogP contribution in [0.25, 0.3) is 0 Å². The minimum absolute atomic E-state index is 0.138. The highest BCUT2D eigenvalue weighted by atomic mass is 35.5. The highest BCUT2D eigenvalue weighted by molar-refractivity contribution is 6.30. The molecule has 19 heavy (non-hydrogen) atoms. The number of aliphatic carboxylic acids is 1. The van der Waals surface area contributed by atoms with Gasteiger partial charge >= 0.3 is 5.97 Å². The molecule has 0 aromatic heterocycles. The van der Waals surface area contributed by atoms with Crippen molar-refractivity contribution in [3.63, 3.8) is 0 Å². The predicted molar refractivity (Wildman–Crippen MR) is 68.6 cm³/mol. The van der Waals surface area contributed by atoms with Crippen molar-refractivity contribution < 1.29 is 24.5 Å². The van der Waals surface area contributed by atoms with E-state index in [4.69, 9.17) is 21.4 Å². The number of nitrogens with one attached hydrogen (secondary N) is 1. The molecule has 1 rings (SSSR count). The molecule has 6 nitrogen and oxygen atoms in total. The number of amides is 1. The van der Waals surface area contributed by atoms with Gasteiger partial charge in [0.15, 0.2) is 6.04 Å². The number of carbonyl (C=O) groups excluding carboxylic acids is 1. The van der Waals surface area contributed by atoms with E-state index in [1.54, 1.807) is 0 Å². The second kappa shape index (κ2) is 6.40. The summed E-state index contributed by atoms with van der Waals surface area (Å²) in [5.74, 6) is -1.77. The standard InChI is InChI=1S/C12H14ClNO5/c1-6(15)10(12(17)18)14-11(16)8-4-3-7(13)5-9(8)19-2/h3-6,10,15H,1-2H3,(H,14,16)(H,17,18)/t6-,10+/m1/s1. The Morgan fingerprint density at radius 3 is 2.53 bits per heavy atom. The molecule has 1 aromatic rings. The van der Waals surface area contributed by atoms with Gasteiger partial charge in [-0.2, -0.15) is 0 Å². The number of halogens is 1. The fourth-order valence-electron chi connectivity index (χ4n) is 1.46. The van der Waals surface area contributed by atoms with Gasteiger partial charge in [-0.1, -0.05) is 11.6 Å². The summed E-state index contributed by atoms with van der Waals surface area (Å²) < 4.78 is 4.99. The maximum Gasteiger partial charge on any atom is 0.328 e. The Morgan fingerprint density at radius 2 is 2.05 bits per heavy atom. The van der Waals surface area contributed by atoms with E-state index >= 15 is 0 Å². The lowest BCUT2D eigenvalue weighted by molar-refractivity contribution is -0.141. The fourth-order valence-corrected chi connectivity index (χ4v) is 1.62. The van der Waals surface area contributed by atoms with Crippen molar-refractivity contribution in [2.75, 3.05) is 7.11 Å². The number of carbonyl (C=O) groups is 2. The number of hydrogen-bond acceptors (Lipinski definition) is 4. The second-order valence-corrected chi connectivity index (χ2v) is 4.31. The molecular weight excluding hydrogens is 274 g/mol. The first-order chi connectivity index (χ1) is 8.86. The van der Waals surface area contributed by atoms with Gasteiger partial charge in [-0.3, -0.25) is 4.79 Å². The van der Waals surface area contributed by atoms with Gasteiger partial charge in [0.1, 0.15) is 5.75 Å². The highest BCUT2D eigenvalue weighted by Crippen LogP contribution is 2.23. The third kappa shape index (κ3) is 3.84. The zero-order valence-corrected chi connectivity index (χ0v) is 11.1. The van der Waals surface area contributed by atoms with Crippen molar-refractivity contribution in [3.05, 3.63) is 28.8 Å². The molecule has 0 spiro atoms. The van der Waals surface area contributed by atoms with E-state index in [0.29, 0.717) is 5.02 Å². The number of methoxy groups -OCH3 is 1. The van der Waals surface area contributed by atoms with E-state index in [0.717, 1.165) is 0 Å². The van der Waals surface area contributed by atoms with Gasteiger partial charge in [0.2, 0.25) is 0 Å². The first-order valence-corrected chi connectivity index (χ1v) is 5.80. The first-order valence-electron chi connectivity index (χ1n) is 5.42. The maximum atomic E-state index is 11.9. The smallest absolute Gasteiger partial charge is 0.328 e. The largest absolute Gasteiger partial charge is 0.496 e. The Labute approximate surface area is 114 Å². The van der Waals surface area contributed by atoms with Crippen LogP contribution in [0.1, 0.15) is 17.3 Å². The number of hydrogen-bond donors (Lipinski definition) is 3. The van der Waals surface area contributed by atoms with Gasteiger partial charge in [0.05, 0.1) is 18.8 Å². The van der Waals surface area contributed by atoms with Crippen molar-refractivity contribution in [3.8, 4) is 5.75 Å². The molecule has 0 bridgehead atoms. The summed E-state index contributed by atoms with van der Waals surface area (Å²) in [7, 11) is 1.37. The molecule has 0 fully saturated rings. The van der Waals surface area contributed by atoms with E-state index in [1.807, 2.05) is 0 Å². The monoisotopic (exact) mass is 287 g/mol. The van der Waals surface area contributed by atoms with Crippen molar-refractivity contribution in [1.82, 2.24) is 5.32 Å². The third-order valence-corrected chi connectivity index (χ3v) is 2.68. The van der Waals surface area contributed by atoms with Crippen molar-refractivity contribution in [2.45, 2.75) is 19.1 Å². The molecule has 0 saturated carbocycles. The minimum Gasteiger partial charge on any atom is -0.496 e. The van der Waals surface area contributed by atoms with Crippen molar-refractivity contribution >= 4 is 23.5 Å². The molecule has 0 heterocycles. The third-order valence-electron chi connectivity index (χ3n) is 2.44. The number of aliphatic hydroxyl groups is 1. The van der Waals surface area contributed by atoms with Crippen molar-refractivity contribution in [1.29, 1.82) is 0 Å². The van der Waals surface area contributed by atoms with Crippen LogP contribution >= 0.6 is 11.6 Å². The van der Waals surface area contributed by atoms with Crippen LogP contribution in [0, 0.1) is 0 Å². The van der Waals surface area contributed by atoms with E-state index in [1.165, 1.54) is 32.2 Å². The van der Waals surface area contributed by atoms with E-state index < -0.39 is 24.0 Å².